The molecule has 0 aromatic heterocycles. The van der Waals surface area contributed by atoms with Crippen molar-refractivity contribution in [3.63, 3.8) is 0 Å². The fourth-order valence-corrected chi connectivity index (χ4v) is 2.67. The molecule has 0 radical (unpaired) electrons. The van der Waals surface area contributed by atoms with Gasteiger partial charge in [0.15, 0.2) is 0 Å². The van der Waals surface area contributed by atoms with E-state index in [-0.39, 0.29) is 11.5 Å². The van der Waals surface area contributed by atoms with Gasteiger partial charge in [-0.2, -0.15) is 0 Å². The van der Waals surface area contributed by atoms with E-state index in [0.29, 0.717) is 0 Å². The summed E-state index contributed by atoms with van der Waals surface area (Å²) < 4.78 is 0. The van der Waals surface area contributed by atoms with Crippen LogP contribution in [0.4, 0.5) is 0 Å². The highest BCUT2D eigenvalue weighted by atomic mass is 16.3. The average Bonchev–Trinajstić information content (AvgIpc) is 1.88. The number of hydrogen-bond donors (Lipinski definition) is 1. The second kappa shape index (κ2) is 1.76. The molecule has 0 aromatic rings. The molecule has 0 aliphatic heterocycles. The first-order valence-corrected chi connectivity index (χ1v) is 4.30. The van der Waals surface area contributed by atoms with E-state index in [4.69, 9.17) is 0 Å². The molecular weight excluding hydrogens is 124 g/mol. The minimum atomic E-state index is -0.0231. The van der Waals surface area contributed by atoms with Gasteiger partial charge in [0.25, 0.3) is 0 Å². The minimum Gasteiger partial charge on any atom is -0.393 e. The Labute approximate surface area is 62.4 Å². The van der Waals surface area contributed by atoms with Gasteiger partial charge in [-0.25, -0.2) is 0 Å². The lowest BCUT2D eigenvalue weighted by molar-refractivity contribution is 0.0360. The predicted octanol–water partition coefficient (Wildman–Crippen LogP) is 1.80. The summed E-state index contributed by atoms with van der Waals surface area (Å²) in [4.78, 5) is 0. The second-order valence-electron chi connectivity index (χ2n) is 4.52. The molecule has 2 aliphatic rings. The number of hydrogen-bond acceptors (Lipinski definition) is 1. The Kier molecular flexibility index (Phi) is 1.17. The molecule has 1 N–H and O–H groups in total. The van der Waals surface area contributed by atoms with Crippen molar-refractivity contribution in [3.8, 4) is 0 Å². The molecule has 10 heavy (non-hydrogen) atoms. The third-order valence-electron chi connectivity index (χ3n) is 3.76. The fraction of sp³-hybridized carbons (Fsp3) is 1.00. The minimum absolute atomic E-state index is 0.0231. The number of aliphatic hydroxyl groups excluding tert-OH is 1. The van der Waals surface area contributed by atoms with Crippen LogP contribution in [0.5, 0.6) is 0 Å². The van der Waals surface area contributed by atoms with Gasteiger partial charge in [0.1, 0.15) is 0 Å². The van der Waals surface area contributed by atoms with Gasteiger partial charge in [-0.1, -0.05) is 13.8 Å². The Bertz CT molecular complexity index is 151. The monoisotopic (exact) mass is 140 g/mol. The van der Waals surface area contributed by atoms with E-state index in [2.05, 4.69) is 13.8 Å². The summed E-state index contributed by atoms with van der Waals surface area (Å²) in [6.07, 6.45) is 3.77. The summed E-state index contributed by atoms with van der Waals surface area (Å²) in [6, 6.07) is 0. The average molecular weight is 140 g/mol. The van der Waals surface area contributed by atoms with Crippen LogP contribution >= 0.6 is 0 Å². The Morgan fingerprint density at radius 2 is 2.00 bits per heavy atom. The molecule has 3 atom stereocenters. The van der Waals surface area contributed by atoms with Gasteiger partial charge in [-0.3, -0.25) is 0 Å². The van der Waals surface area contributed by atoms with E-state index in [9.17, 15) is 5.11 Å². The maximum absolute atomic E-state index is 9.64. The summed E-state index contributed by atoms with van der Waals surface area (Å²) in [5.74, 6) is 1.70. The molecular formula is C9H16O. The van der Waals surface area contributed by atoms with Crippen molar-refractivity contribution >= 4 is 0 Å². The zero-order chi connectivity index (χ0) is 7.35. The summed E-state index contributed by atoms with van der Waals surface area (Å²) in [5, 5.41) is 9.64. The van der Waals surface area contributed by atoms with Crippen molar-refractivity contribution in [2.45, 2.75) is 39.2 Å². The van der Waals surface area contributed by atoms with Crippen LogP contribution in [0, 0.1) is 17.3 Å². The normalized spacial score (nSPS) is 50.1. The zero-order valence-corrected chi connectivity index (χ0v) is 6.80. The van der Waals surface area contributed by atoms with Crippen LogP contribution in [0.2, 0.25) is 0 Å². The number of aliphatic hydroxyl groups is 1. The highest BCUT2D eigenvalue weighted by Gasteiger charge is 2.52. The molecule has 0 saturated heterocycles. The molecule has 0 amide bonds. The van der Waals surface area contributed by atoms with Gasteiger partial charge in [0.2, 0.25) is 0 Å². The van der Waals surface area contributed by atoms with Crippen LogP contribution in [-0.4, -0.2) is 11.2 Å². The van der Waals surface area contributed by atoms with Gasteiger partial charge in [-0.15, -0.1) is 0 Å². The van der Waals surface area contributed by atoms with Crippen LogP contribution in [0.25, 0.3) is 0 Å². The third-order valence-corrected chi connectivity index (χ3v) is 3.76. The zero-order valence-electron chi connectivity index (χ0n) is 6.80. The first kappa shape index (κ1) is 6.66. The lowest BCUT2D eigenvalue weighted by atomic mass is 9.67. The standard InChI is InChI=1S/C9H16O/c1-9(2)7-4-3-6(7)5-8(9)10/h6-8,10H,3-5H2,1-2H3/t6-,7-,8+/m0/s1. The lowest BCUT2D eigenvalue weighted by Gasteiger charge is -2.39. The summed E-state index contributed by atoms with van der Waals surface area (Å²) in [6.45, 7) is 4.42. The van der Waals surface area contributed by atoms with E-state index in [1.54, 1.807) is 0 Å². The first-order chi connectivity index (χ1) is 4.62. The van der Waals surface area contributed by atoms with Crippen molar-refractivity contribution in [1.82, 2.24) is 0 Å². The summed E-state index contributed by atoms with van der Waals surface area (Å²) in [7, 11) is 0. The highest BCUT2D eigenvalue weighted by molar-refractivity contribution is 5.02. The maximum atomic E-state index is 9.64. The number of rotatable bonds is 0. The van der Waals surface area contributed by atoms with Gasteiger partial charge in [-0.05, 0) is 36.5 Å². The molecule has 1 nitrogen and oxygen atoms in total. The molecule has 0 aromatic carbocycles. The van der Waals surface area contributed by atoms with Gasteiger partial charge in [0, 0.05) is 0 Å². The second-order valence-corrected chi connectivity index (χ2v) is 4.52. The van der Waals surface area contributed by atoms with E-state index >= 15 is 0 Å². The van der Waals surface area contributed by atoms with Gasteiger partial charge < -0.3 is 5.11 Å². The van der Waals surface area contributed by atoms with E-state index < -0.39 is 0 Å². The Morgan fingerprint density at radius 3 is 2.20 bits per heavy atom. The van der Waals surface area contributed by atoms with Crippen molar-refractivity contribution in [3.05, 3.63) is 0 Å². The van der Waals surface area contributed by atoms with Gasteiger partial charge >= 0.3 is 0 Å². The molecule has 0 spiro atoms. The van der Waals surface area contributed by atoms with Crippen molar-refractivity contribution in [2.24, 2.45) is 17.3 Å². The summed E-state index contributed by atoms with van der Waals surface area (Å²) >= 11 is 0. The van der Waals surface area contributed by atoms with E-state index in [1.165, 1.54) is 12.8 Å². The van der Waals surface area contributed by atoms with E-state index in [1.807, 2.05) is 0 Å². The van der Waals surface area contributed by atoms with Crippen LogP contribution < -0.4 is 0 Å². The molecule has 0 bridgehead atoms. The maximum Gasteiger partial charge on any atom is 0.0596 e. The quantitative estimate of drug-likeness (QED) is 0.544. The van der Waals surface area contributed by atoms with Crippen molar-refractivity contribution < 1.29 is 5.11 Å². The predicted molar refractivity (Wildman–Crippen MR) is 40.6 cm³/mol. The van der Waals surface area contributed by atoms with E-state index in [0.717, 1.165) is 18.3 Å². The number of fused-ring (bicyclic) bond motifs is 1. The topological polar surface area (TPSA) is 20.2 Å². The fourth-order valence-electron chi connectivity index (χ4n) is 2.67. The van der Waals surface area contributed by atoms with Crippen molar-refractivity contribution in [2.75, 3.05) is 0 Å². The highest BCUT2D eigenvalue weighted by Crippen LogP contribution is 2.56. The van der Waals surface area contributed by atoms with Crippen molar-refractivity contribution in [1.29, 1.82) is 0 Å². The molecule has 0 heterocycles. The van der Waals surface area contributed by atoms with Gasteiger partial charge in [0.05, 0.1) is 6.10 Å². The first-order valence-electron chi connectivity index (χ1n) is 4.30. The SMILES string of the molecule is CC1(C)[C@H](O)C[C@@H]2CC[C@@H]21. The molecule has 2 rings (SSSR count). The Morgan fingerprint density at radius 1 is 1.30 bits per heavy atom. The third kappa shape index (κ3) is 0.619. The van der Waals surface area contributed by atoms with Crippen LogP contribution in [-0.2, 0) is 0 Å². The smallest absolute Gasteiger partial charge is 0.0596 e. The summed E-state index contributed by atoms with van der Waals surface area (Å²) in [5.41, 5.74) is 0.225. The molecule has 58 valence electrons. The van der Waals surface area contributed by atoms with Crippen LogP contribution in [0.3, 0.4) is 0 Å². The molecule has 1 heteroatoms. The molecule has 0 unspecified atom stereocenters. The largest absolute Gasteiger partial charge is 0.393 e. The Hall–Kier alpha value is -0.0400. The molecule has 2 aliphatic carbocycles. The molecule has 2 fully saturated rings. The molecule has 2 saturated carbocycles. The van der Waals surface area contributed by atoms with Crippen LogP contribution in [0.15, 0.2) is 0 Å². The van der Waals surface area contributed by atoms with Crippen LogP contribution in [0.1, 0.15) is 33.1 Å². The Balaban J connectivity index is 2.19. The lowest BCUT2D eigenvalue weighted by Crippen LogP contribution is -2.33.